The summed E-state index contributed by atoms with van der Waals surface area (Å²) in [6, 6.07) is 9.76. The fourth-order valence-electron chi connectivity index (χ4n) is 1.42. The van der Waals surface area contributed by atoms with E-state index in [-0.39, 0.29) is 10.8 Å². The number of hydrogen-bond acceptors (Lipinski definition) is 1. The van der Waals surface area contributed by atoms with Crippen LogP contribution in [0.1, 0.15) is 0 Å². The predicted octanol–water partition coefficient (Wildman–Crippen LogP) is 4.61. The van der Waals surface area contributed by atoms with E-state index in [9.17, 15) is 9.50 Å². The first-order valence-electron chi connectivity index (χ1n) is 4.52. The molecule has 0 saturated heterocycles. The van der Waals surface area contributed by atoms with Crippen molar-refractivity contribution in [2.45, 2.75) is 0 Å². The molecule has 0 amide bonds. The maximum Gasteiger partial charge on any atom is 0.145 e. The van der Waals surface area contributed by atoms with Crippen LogP contribution in [0.15, 0.2) is 40.9 Å². The molecule has 0 aliphatic rings. The van der Waals surface area contributed by atoms with Crippen LogP contribution in [0.5, 0.6) is 5.75 Å². The molecule has 0 aromatic heterocycles. The Bertz CT molecular complexity index is 543. The second kappa shape index (κ2) is 4.44. The van der Waals surface area contributed by atoms with Gasteiger partial charge in [0, 0.05) is 16.1 Å². The predicted molar refractivity (Wildman–Crippen MR) is 66.2 cm³/mol. The van der Waals surface area contributed by atoms with E-state index in [2.05, 4.69) is 15.9 Å². The van der Waals surface area contributed by atoms with Gasteiger partial charge in [-0.05, 0) is 23.8 Å². The average Bonchev–Trinajstić information content (AvgIpc) is 2.23. The quantitative estimate of drug-likeness (QED) is 0.815. The monoisotopic (exact) mass is 300 g/mol. The summed E-state index contributed by atoms with van der Waals surface area (Å²) in [5, 5.41) is 9.64. The summed E-state index contributed by atoms with van der Waals surface area (Å²) in [5.74, 6) is -0.752. The second-order valence-electron chi connectivity index (χ2n) is 3.29. The van der Waals surface area contributed by atoms with Gasteiger partial charge in [0.25, 0.3) is 0 Å². The Hall–Kier alpha value is -1.06. The van der Waals surface area contributed by atoms with Crippen LogP contribution in [-0.2, 0) is 0 Å². The van der Waals surface area contributed by atoms with E-state index in [0.29, 0.717) is 5.56 Å². The Labute approximate surface area is 106 Å². The van der Waals surface area contributed by atoms with Gasteiger partial charge in [-0.15, -0.1) is 0 Å². The molecule has 0 fully saturated rings. The van der Waals surface area contributed by atoms with Gasteiger partial charge in [0.2, 0.25) is 0 Å². The highest BCUT2D eigenvalue weighted by Gasteiger charge is 2.09. The second-order valence-corrected chi connectivity index (χ2v) is 4.62. The Kier molecular flexibility index (Phi) is 3.17. The zero-order chi connectivity index (χ0) is 11.7. The standard InChI is InChI=1S/C12H7BrClFO/c13-8-3-1-2-7(4-8)9-5-10(14)11(15)6-12(9)16/h1-6,16H. The lowest BCUT2D eigenvalue weighted by Gasteiger charge is -2.06. The number of aromatic hydroxyl groups is 1. The fourth-order valence-corrected chi connectivity index (χ4v) is 1.99. The van der Waals surface area contributed by atoms with E-state index in [1.54, 1.807) is 0 Å². The third kappa shape index (κ3) is 2.20. The van der Waals surface area contributed by atoms with Crippen molar-refractivity contribution in [1.82, 2.24) is 0 Å². The van der Waals surface area contributed by atoms with Crippen LogP contribution in [0.25, 0.3) is 11.1 Å². The van der Waals surface area contributed by atoms with Crippen LogP contribution in [0, 0.1) is 5.82 Å². The lowest BCUT2D eigenvalue weighted by atomic mass is 10.0. The lowest BCUT2D eigenvalue weighted by molar-refractivity contribution is 0.471. The van der Waals surface area contributed by atoms with Gasteiger partial charge >= 0.3 is 0 Å². The molecule has 0 atom stereocenters. The number of rotatable bonds is 1. The molecular weight excluding hydrogens is 294 g/mol. The molecule has 82 valence electrons. The molecule has 1 nitrogen and oxygen atoms in total. The highest BCUT2D eigenvalue weighted by molar-refractivity contribution is 9.10. The average molecular weight is 302 g/mol. The van der Waals surface area contributed by atoms with Crippen molar-refractivity contribution >= 4 is 27.5 Å². The SMILES string of the molecule is Oc1cc(F)c(Cl)cc1-c1cccc(Br)c1. The molecule has 16 heavy (non-hydrogen) atoms. The first kappa shape index (κ1) is 11.4. The number of phenols is 1. The van der Waals surface area contributed by atoms with E-state index in [1.807, 2.05) is 24.3 Å². The van der Waals surface area contributed by atoms with E-state index >= 15 is 0 Å². The van der Waals surface area contributed by atoms with Gasteiger partial charge in [-0.25, -0.2) is 4.39 Å². The molecule has 2 rings (SSSR count). The minimum atomic E-state index is -0.627. The minimum absolute atomic E-state index is 0.00669. The van der Waals surface area contributed by atoms with Gasteiger partial charge in [0.15, 0.2) is 0 Å². The highest BCUT2D eigenvalue weighted by Crippen LogP contribution is 2.34. The topological polar surface area (TPSA) is 20.2 Å². The summed E-state index contributed by atoms with van der Waals surface area (Å²) in [6.45, 7) is 0. The van der Waals surface area contributed by atoms with Crippen molar-refractivity contribution in [2.24, 2.45) is 0 Å². The van der Waals surface area contributed by atoms with Crippen molar-refractivity contribution in [2.75, 3.05) is 0 Å². The molecule has 2 aromatic rings. The molecule has 0 aliphatic heterocycles. The molecular formula is C12H7BrClFO. The Balaban J connectivity index is 2.60. The summed E-state index contributed by atoms with van der Waals surface area (Å²) in [7, 11) is 0. The van der Waals surface area contributed by atoms with Crippen molar-refractivity contribution in [3.63, 3.8) is 0 Å². The first-order valence-corrected chi connectivity index (χ1v) is 5.69. The van der Waals surface area contributed by atoms with Crippen molar-refractivity contribution in [1.29, 1.82) is 0 Å². The molecule has 0 radical (unpaired) electrons. The van der Waals surface area contributed by atoms with Gasteiger partial charge in [-0.3, -0.25) is 0 Å². The number of benzene rings is 2. The van der Waals surface area contributed by atoms with E-state index in [0.717, 1.165) is 16.1 Å². The van der Waals surface area contributed by atoms with Gasteiger partial charge in [0.1, 0.15) is 11.6 Å². The smallest absolute Gasteiger partial charge is 0.145 e. The number of hydrogen-bond donors (Lipinski definition) is 1. The summed E-state index contributed by atoms with van der Waals surface area (Å²) < 4.78 is 13.9. The molecule has 0 bridgehead atoms. The summed E-state index contributed by atoms with van der Waals surface area (Å²) in [6.07, 6.45) is 0. The zero-order valence-corrected chi connectivity index (χ0v) is 10.4. The molecule has 2 aromatic carbocycles. The molecule has 0 spiro atoms. The minimum Gasteiger partial charge on any atom is -0.507 e. The zero-order valence-electron chi connectivity index (χ0n) is 8.05. The molecule has 0 saturated carbocycles. The van der Waals surface area contributed by atoms with Crippen molar-refractivity contribution in [3.05, 3.63) is 51.7 Å². The summed E-state index contributed by atoms with van der Waals surface area (Å²) in [5.41, 5.74) is 1.28. The molecule has 0 aliphatic carbocycles. The number of phenolic OH excluding ortho intramolecular Hbond substituents is 1. The van der Waals surface area contributed by atoms with Gasteiger partial charge in [0.05, 0.1) is 5.02 Å². The fraction of sp³-hybridized carbons (Fsp3) is 0. The summed E-state index contributed by atoms with van der Waals surface area (Å²) >= 11 is 9.01. The van der Waals surface area contributed by atoms with E-state index in [4.69, 9.17) is 11.6 Å². The third-order valence-electron chi connectivity index (χ3n) is 2.17. The van der Waals surface area contributed by atoms with Crippen LogP contribution in [0.4, 0.5) is 4.39 Å². The van der Waals surface area contributed by atoms with Crippen molar-refractivity contribution < 1.29 is 9.50 Å². The maximum absolute atomic E-state index is 13.1. The van der Waals surface area contributed by atoms with Crippen LogP contribution < -0.4 is 0 Å². The van der Waals surface area contributed by atoms with Gasteiger partial charge in [-0.2, -0.15) is 0 Å². The number of halogens is 3. The molecule has 0 heterocycles. The molecule has 4 heteroatoms. The largest absolute Gasteiger partial charge is 0.507 e. The Morgan fingerprint density at radius 3 is 2.62 bits per heavy atom. The summed E-state index contributed by atoms with van der Waals surface area (Å²) in [4.78, 5) is 0. The van der Waals surface area contributed by atoms with Crippen LogP contribution in [0.2, 0.25) is 5.02 Å². The van der Waals surface area contributed by atoms with Crippen LogP contribution in [-0.4, -0.2) is 5.11 Å². The van der Waals surface area contributed by atoms with Gasteiger partial charge in [-0.1, -0.05) is 39.7 Å². The maximum atomic E-state index is 13.1. The van der Waals surface area contributed by atoms with E-state index in [1.165, 1.54) is 6.07 Å². The van der Waals surface area contributed by atoms with Gasteiger partial charge < -0.3 is 5.11 Å². The third-order valence-corrected chi connectivity index (χ3v) is 2.96. The van der Waals surface area contributed by atoms with Crippen molar-refractivity contribution in [3.8, 4) is 16.9 Å². The van der Waals surface area contributed by atoms with E-state index < -0.39 is 5.82 Å². The van der Waals surface area contributed by atoms with Crippen LogP contribution >= 0.6 is 27.5 Å². The first-order chi connectivity index (χ1) is 7.58. The molecule has 1 N–H and O–H groups in total. The Morgan fingerprint density at radius 1 is 1.19 bits per heavy atom. The lowest BCUT2D eigenvalue weighted by Crippen LogP contribution is -1.83. The highest BCUT2D eigenvalue weighted by atomic mass is 79.9. The normalized spacial score (nSPS) is 10.4. The Morgan fingerprint density at radius 2 is 1.94 bits per heavy atom. The molecule has 0 unspecified atom stereocenters. The van der Waals surface area contributed by atoms with Crippen LogP contribution in [0.3, 0.4) is 0 Å².